The van der Waals surface area contributed by atoms with E-state index in [-0.39, 0.29) is 11.6 Å². The third-order valence-electron chi connectivity index (χ3n) is 2.73. The molecule has 0 fully saturated rings. The summed E-state index contributed by atoms with van der Waals surface area (Å²) in [6.07, 6.45) is 2.91. The second-order valence-corrected chi connectivity index (χ2v) is 4.38. The van der Waals surface area contributed by atoms with Gasteiger partial charge in [-0.05, 0) is 25.0 Å². The van der Waals surface area contributed by atoms with Gasteiger partial charge in [0.2, 0.25) is 0 Å². The minimum atomic E-state index is -0.491. The summed E-state index contributed by atoms with van der Waals surface area (Å²) in [6.45, 7) is 4.02. The number of ether oxygens (including phenoxy) is 1. The van der Waals surface area contributed by atoms with Gasteiger partial charge in [-0.2, -0.15) is 0 Å². The first-order valence-corrected chi connectivity index (χ1v) is 6.75. The summed E-state index contributed by atoms with van der Waals surface area (Å²) in [5.74, 6) is -0.228. The van der Waals surface area contributed by atoms with E-state index in [0.29, 0.717) is 18.7 Å². The number of nitro benzene ring substituents is 1. The van der Waals surface area contributed by atoms with Crippen LogP contribution in [0.3, 0.4) is 0 Å². The largest absolute Gasteiger partial charge is 0.381 e. The molecule has 0 bridgehead atoms. The smallest absolute Gasteiger partial charge is 0.269 e. The lowest BCUT2D eigenvalue weighted by Crippen LogP contribution is -2.25. The molecule has 0 radical (unpaired) electrons. The lowest BCUT2D eigenvalue weighted by molar-refractivity contribution is -0.384. The molecule has 1 aromatic carbocycles. The number of nitro groups is 1. The second kappa shape index (κ2) is 9.03. The molecule has 110 valence electrons. The predicted octanol–water partition coefficient (Wildman–Crippen LogP) is 2.53. The van der Waals surface area contributed by atoms with E-state index in [9.17, 15) is 14.9 Å². The van der Waals surface area contributed by atoms with Crippen molar-refractivity contribution in [3.8, 4) is 0 Å². The number of carbonyl (C=O) groups excluding carboxylic acids is 1. The SMILES string of the molecule is CCCCOCCCNC(=O)c1ccc([N+](=O)[O-])cc1. The van der Waals surface area contributed by atoms with Gasteiger partial charge in [-0.1, -0.05) is 13.3 Å². The van der Waals surface area contributed by atoms with Crippen LogP contribution in [0.15, 0.2) is 24.3 Å². The Kier molecular flexibility index (Phi) is 7.27. The van der Waals surface area contributed by atoms with Gasteiger partial charge < -0.3 is 10.1 Å². The fourth-order valence-electron chi connectivity index (χ4n) is 1.56. The van der Waals surface area contributed by atoms with Crippen LogP contribution in [0.2, 0.25) is 0 Å². The zero-order valence-electron chi connectivity index (χ0n) is 11.6. The lowest BCUT2D eigenvalue weighted by atomic mass is 10.2. The van der Waals surface area contributed by atoms with E-state index < -0.39 is 4.92 Å². The molecule has 1 aromatic rings. The molecule has 0 aromatic heterocycles. The number of benzene rings is 1. The first-order valence-electron chi connectivity index (χ1n) is 6.75. The topological polar surface area (TPSA) is 81.5 Å². The summed E-state index contributed by atoms with van der Waals surface area (Å²) < 4.78 is 5.38. The third kappa shape index (κ3) is 5.79. The molecule has 0 aliphatic carbocycles. The highest BCUT2D eigenvalue weighted by Gasteiger charge is 2.08. The Bertz CT molecular complexity index is 431. The first kappa shape index (κ1) is 16.1. The molecule has 0 spiro atoms. The molecule has 6 nitrogen and oxygen atoms in total. The number of hydrogen-bond donors (Lipinski definition) is 1. The van der Waals surface area contributed by atoms with Crippen molar-refractivity contribution in [2.45, 2.75) is 26.2 Å². The van der Waals surface area contributed by atoms with E-state index in [1.54, 1.807) is 0 Å². The van der Waals surface area contributed by atoms with E-state index in [2.05, 4.69) is 12.2 Å². The molecule has 6 heteroatoms. The maximum atomic E-state index is 11.7. The van der Waals surface area contributed by atoms with Crippen molar-refractivity contribution < 1.29 is 14.5 Å². The van der Waals surface area contributed by atoms with E-state index >= 15 is 0 Å². The summed E-state index contributed by atoms with van der Waals surface area (Å²) in [5, 5.41) is 13.2. The van der Waals surface area contributed by atoms with Gasteiger partial charge in [0, 0.05) is 37.5 Å². The van der Waals surface area contributed by atoms with Crippen LogP contribution in [0.4, 0.5) is 5.69 Å². The summed E-state index contributed by atoms with van der Waals surface area (Å²) in [6, 6.07) is 5.54. The van der Waals surface area contributed by atoms with Crippen LogP contribution in [0, 0.1) is 10.1 Å². The molecule has 0 atom stereocenters. The molecule has 1 rings (SSSR count). The Morgan fingerprint density at radius 2 is 1.90 bits per heavy atom. The molecule has 0 unspecified atom stereocenters. The van der Waals surface area contributed by atoms with Crippen LogP contribution < -0.4 is 5.32 Å². The Morgan fingerprint density at radius 1 is 1.25 bits per heavy atom. The number of carbonyl (C=O) groups is 1. The maximum Gasteiger partial charge on any atom is 0.269 e. The predicted molar refractivity (Wildman–Crippen MR) is 75.8 cm³/mol. The molecule has 0 heterocycles. The van der Waals surface area contributed by atoms with E-state index in [1.807, 2.05) is 0 Å². The summed E-state index contributed by atoms with van der Waals surface area (Å²) in [5.41, 5.74) is 0.397. The highest BCUT2D eigenvalue weighted by Crippen LogP contribution is 2.11. The number of amides is 1. The van der Waals surface area contributed by atoms with Gasteiger partial charge in [0.25, 0.3) is 11.6 Å². The Balaban J connectivity index is 2.24. The standard InChI is InChI=1S/C14H20N2O4/c1-2-3-10-20-11-4-9-15-14(17)12-5-7-13(8-6-12)16(18)19/h5-8H,2-4,9-11H2,1H3,(H,15,17). The molecule has 1 N–H and O–H groups in total. The molecule has 0 aliphatic rings. The minimum Gasteiger partial charge on any atom is -0.381 e. The van der Waals surface area contributed by atoms with E-state index in [0.717, 1.165) is 25.9 Å². The average Bonchev–Trinajstić information content (AvgIpc) is 2.46. The van der Waals surface area contributed by atoms with Gasteiger partial charge in [-0.3, -0.25) is 14.9 Å². The minimum absolute atomic E-state index is 0.0223. The monoisotopic (exact) mass is 280 g/mol. The summed E-state index contributed by atoms with van der Waals surface area (Å²) in [7, 11) is 0. The van der Waals surface area contributed by atoms with Crippen LogP contribution in [0.25, 0.3) is 0 Å². The van der Waals surface area contributed by atoms with Gasteiger partial charge in [-0.15, -0.1) is 0 Å². The average molecular weight is 280 g/mol. The quantitative estimate of drug-likeness (QED) is 0.428. The first-order chi connectivity index (χ1) is 9.65. The van der Waals surface area contributed by atoms with Crippen molar-refractivity contribution >= 4 is 11.6 Å². The van der Waals surface area contributed by atoms with E-state index in [4.69, 9.17) is 4.74 Å². The highest BCUT2D eigenvalue weighted by atomic mass is 16.6. The Morgan fingerprint density at radius 3 is 2.50 bits per heavy atom. The Labute approximate surface area is 118 Å². The van der Waals surface area contributed by atoms with Crippen LogP contribution in [0.1, 0.15) is 36.5 Å². The number of nitrogens with one attached hydrogen (secondary N) is 1. The van der Waals surface area contributed by atoms with Crippen molar-refractivity contribution in [3.63, 3.8) is 0 Å². The molecule has 0 aliphatic heterocycles. The Hall–Kier alpha value is -1.95. The normalized spacial score (nSPS) is 10.2. The van der Waals surface area contributed by atoms with Crippen molar-refractivity contribution in [3.05, 3.63) is 39.9 Å². The molecule has 0 saturated heterocycles. The van der Waals surface area contributed by atoms with Gasteiger partial charge in [0.1, 0.15) is 0 Å². The maximum absolute atomic E-state index is 11.7. The number of rotatable bonds is 9. The van der Waals surface area contributed by atoms with Crippen LogP contribution in [-0.2, 0) is 4.74 Å². The number of unbranched alkanes of at least 4 members (excludes halogenated alkanes) is 1. The molecular weight excluding hydrogens is 260 g/mol. The zero-order valence-corrected chi connectivity index (χ0v) is 11.6. The number of non-ortho nitro benzene ring substituents is 1. The van der Waals surface area contributed by atoms with Crippen molar-refractivity contribution in [1.82, 2.24) is 5.32 Å². The molecular formula is C14H20N2O4. The second-order valence-electron chi connectivity index (χ2n) is 4.38. The fourth-order valence-corrected chi connectivity index (χ4v) is 1.56. The van der Waals surface area contributed by atoms with Gasteiger partial charge in [0.05, 0.1) is 4.92 Å². The number of hydrogen-bond acceptors (Lipinski definition) is 4. The van der Waals surface area contributed by atoms with Crippen LogP contribution in [-0.4, -0.2) is 30.6 Å². The molecule has 0 saturated carbocycles. The van der Waals surface area contributed by atoms with Gasteiger partial charge in [0.15, 0.2) is 0 Å². The van der Waals surface area contributed by atoms with Crippen LogP contribution >= 0.6 is 0 Å². The zero-order chi connectivity index (χ0) is 14.8. The van der Waals surface area contributed by atoms with Crippen LogP contribution in [0.5, 0.6) is 0 Å². The van der Waals surface area contributed by atoms with E-state index in [1.165, 1.54) is 24.3 Å². The number of nitrogens with zero attached hydrogens (tertiary/aromatic N) is 1. The third-order valence-corrected chi connectivity index (χ3v) is 2.73. The van der Waals surface area contributed by atoms with Gasteiger partial charge in [-0.25, -0.2) is 0 Å². The summed E-state index contributed by atoms with van der Waals surface area (Å²) >= 11 is 0. The molecule has 20 heavy (non-hydrogen) atoms. The molecule has 1 amide bonds. The summed E-state index contributed by atoms with van der Waals surface area (Å²) in [4.78, 5) is 21.7. The van der Waals surface area contributed by atoms with Crippen molar-refractivity contribution in [2.75, 3.05) is 19.8 Å². The fraction of sp³-hybridized carbons (Fsp3) is 0.500. The van der Waals surface area contributed by atoms with Gasteiger partial charge >= 0.3 is 0 Å². The highest BCUT2D eigenvalue weighted by molar-refractivity contribution is 5.94. The van der Waals surface area contributed by atoms with Crippen molar-refractivity contribution in [2.24, 2.45) is 0 Å². The lowest BCUT2D eigenvalue weighted by Gasteiger charge is -2.06. The van der Waals surface area contributed by atoms with Crippen molar-refractivity contribution in [1.29, 1.82) is 0 Å².